The Morgan fingerprint density at radius 2 is 0.977 bits per heavy atom. The van der Waals surface area contributed by atoms with Gasteiger partial charge in [-0.3, -0.25) is 0 Å². The standard InChI is InChI=1S/2C19H19.C2H7Si.2ClH.Zr/c2*1-2-3-8-16-11-7-12-17-13-18(14-19(16)17)15-9-5-4-6-10-15;1-3-2;;;/h2*4-7,9-14H,2-3,8H2,1H3;3H,1-2H3;2*1H;/q;;;;;+2/p-2. The van der Waals surface area contributed by atoms with Crippen molar-refractivity contribution in [2.24, 2.45) is 0 Å². The topological polar surface area (TPSA) is 0 Å². The van der Waals surface area contributed by atoms with Crippen LogP contribution in [0.25, 0.3) is 23.3 Å². The van der Waals surface area contributed by atoms with E-state index in [9.17, 15) is 0 Å². The fraction of sp³-hybridized carbons (Fsp3) is 0.300. The summed E-state index contributed by atoms with van der Waals surface area (Å²) in [5.74, 6) is -1.68. The monoisotopic (exact) mass is 713 g/mol. The van der Waals surface area contributed by atoms with E-state index in [1.54, 1.807) is 0 Å². The van der Waals surface area contributed by atoms with E-state index in [1.807, 2.05) is 0 Å². The molecule has 0 nitrogen and oxygen atoms in total. The zero-order valence-corrected chi connectivity index (χ0v) is 31.7. The molecular formula is C40H45Cl2SiZr. The van der Waals surface area contributed by atoms with Crippen LogP contribution in [-0.2, 0) is 28.4 Å². The van der Waals surface area contributed by atoms with Gasteiger partial charge in [-0.1, -0.05) is 0 Å². The Morgan fingerprint density at radius 1 is 0.568 bits per heavy atom. The number of aryl methyl sites for hydroxylation is 2. The first-order valence-corrected chi connectivity index (χ1v) is 33.0. The molecule has 4 heteroatoms. The average Bonchev–Trinajstić information content (AvgIpc) is 3.65. The molecule has 0 aromatic heterocycles. The molecule has 0 fully saturated rings. The first-order valence-electron chi connectivity index (χ1n) is 16.6. The number of rotatable bonds is 11. The van der Waals surface area contributed by atoms with Crippen LogP contribution in [0.15, 0.2) is 97.1 Å². The van der Waals surface area contributed by atoms with Gasteiger partial charge in [0.1, 0.15) is 0 Å². The maximum absolute atomic E-state index is 8.76. The van der Waals surface area contributed by atoms with Crippen LogP contribution in [0, 0.1) is 0 Å². The van der Waals surface area contributed by atoms with Crippen molar-refractivity contribution in [1.29, 1.82) is 0 Å². The van der Waals surface area contributed by atoms with Crippen molar-refractivity contribution in [3.05, 3.63) is 142 Å². The Hall–Kier alpha value is -1.96. The van der Waals surface area contributed by atoms with E-state index in [0.717, 1.165) is 12.8 Å². The first-order chi connectivity index (χ1) is 21.3. The van der Waals surface area contributed by atoms with Crippen molar-refractivity contribution in [1.82, 2.24) is 0 Å². The summed E-state index contributed by atoms with van der Waals surface area (Å²) in [6.07, 6.45) is 11.9. The third kappa shape index (κ3) is 5.43. The quantitative estimate of drug-likeness (QED) is 0.136. The van der Waals surface area contributed by atoms with Gasteiger partial charge in [-0.05, 0) is 0 Å². The molecule has 227 valence electrons. The number of halogens is 2. The second-order valence-corrected chi connectivity index (χ2v) is 55.7. The van der Waals surface area contributed by atoms with Gasteiger partial charge in [0, 0.05) is 0 Å². The molecule has 0 bridgehead atoms. The molecule has 6 rings (SSSR count). The second kappa shape index (κ2) is 13.0. The van der Waals surface area contributed by atoms with Crippen LogP contribution >= 0.6 is 17.0 Å². The minimum absolute atomic E-state index is 0.0350. The predicted molar refractivity (Wildman–Crippen MR) is 195 cm³/mol. The number of fused-ring (bicyclic) bond motifs is 2. The van der Waals surface area contributed by atoms with Gasteiger partial charge in [0.2, 0.25) is 0 Å². The number of unbranched alkanes of at least 4 members (excludes halogenated alkanes) is 2. The van der Waals surface area contributed by atoms with E-state index in [4.69, 9.17) is 17.0 Å². The molecule has 0 saturated heterocycles. The van der Waals surface area contributed by atoms with Crippen molar-refractivity contribution in [2.45, 2.75) is 72.7 Å². The fourth-order valence-electron chi connectivity index (χ4n) is 7.89. The minimum atomic E-state index is -4.94. The second-order valence-electron chi connectivity index (χ2n) is 13.2. The van der Waals surface area contributed by atoms with E-state index >= 15 is 0 Å². The summed E-state index contributed by atoms with van der Waals surface area (Å²) in [5.41, 5.74) is 13.6. The third-order valence-electron chi connectivity index (χ3n) is 10.3. The normalized spacial score (nSPS) is 18.4. The van der Waals surface area contributed by atoms with E-state index in [2.05, 4.69) is 136 Å². The number of hydrogen-bond acceptors (Lipinski definition) is 0. The zero-order chi connectivity index (χ0) is 30.9. The van der Waals surface area contributed by atoms with Crippen LogP contribution in [-0.4, -0.2) is 5.92 Å². The molecule has 0 radical (unpaired) electrons. The Bertz CT molecular complexity index is 1580. The number of hydrogen-bond donors (Lipinski definition) is 0. The first kappa shape index (κ1) is 32.0. The van der Waals surface area contributed by atoms with E-state index in [-0.39, 0.29) is 7.25 Å². The molecule has 0 amide bonds. The van der Waals surface area contributed by atoms with E-state index in [1.165, 1.54) is 81.3 Å². The summed E-state index contributed by atoms with van der Waals surface area (Å²) in [5, 5.41) is 0. The Kier molecular flexibility index (Phi) is 9.48. The molecular weight excluding hydrogens is 671 g/mol. The molecule has 4 aromatic carbocycles. The van der Waals surface area contributed by atoms with Crippen molar-refractivity contribution < 1.29 is 15.6 Å². The Labute approximate surface area is 274 Å². The van der Waals surface area contributed by atoms with Gasteiger partial charge in [0.05, 0.1) is 0 Å². The summed E-state index contributed by atoms with van der Waals surface area (Å²) >= 11 is -4.94. The third-order valence-corrected chi connectivity index (χ3v) is 61.9. The van der Waals surface area contributed by atoms with Gasteiger partial charge in [-0.2, -0.15) is 0 Å². The van der Waals surface area contributed by atoms with Gasteiger partial charge in [0.25, 0.3) is 0 Å². The summed E-state index contributed by atoms with van der Waals surface area (Å²) in [4.78, 5) is 0. The molecule has 2 unspecified atom stereocenters. The van der Waals surface area contributed by atoms with Gasteiger partial charge < -0.3 is 0 Å². The van der Waals surface area contributed by atoms with Crippen LogP contribution in [0.5, 0.6) is 0 Å². The molecule has 44 heavy (non-hydrogen) atoms. The van der Waals surface area contributed by atoms with E-state index < -0.39 is 21.5 Å². The van der Waals surface area contributed by atoms with Crippen molar-refractivity contribution in [3.63, 3.8) is 0 Å². The average molecular weight is 716 g/mol. The van der Waals surface area contributed by atoms with Crippen LogP contribution in [0.2, 0.25) is 13.1 Å². The number of allylic oxidation sites excluding steroid dienone is 2. The molecule has 0 aliphatic heterocycles. The van der Waals surface area contributed by atoms with Crippen LogP contribution in [0.1, 0.15) is 91.3 Å². The van der Waals surface area contributed by atoms with Crippen molar-refractivity contribution in [2.75, 3.05) is 0 Å². The molecule has 0 spiro atoms. The summed E-state index contributed by atoms with van der Waals surface area (Å²) in [6.45, 7) is 9.46. The van der Waals surface area contributed by atoms with E-state index in [0.29, 0.717) is 0 Å². The molecule has 4 aromatic rings. The zero-order valence-electron chi connectivity index (χ0n) is 26.6. The number of benzene rings is 4. The Morgan fingerprint density at radius 3 is 1.34 bits per heavy atom. The summed E-state index contributed by atoms with van der Waals surface area (Å²) in [7, 11) is 17.5. The van der Waals surface area contributed by atoms with Gasteiger partial charge in [-0.15, -0.1) is 0 Å². The Balaban J connectivity index is 1.64. The summed E-state index contributed by atoms with van der Waals surface area (Å²) < 4.78 is 0.0700. The molecule has 2 atom stereocenters. The van der Waals surface area contributed by atoms with Crippen LogP contribution < -0.4 is 0 Å². The molecule has 0 heterocycles. The SMILES string of the molecule is CCCCc1cccc2c1C=C(c1ccccc1)[CH]2[Zr]([Cl])([Cl])([CH]1C(c2ccccc2)=Cc2c(CCCC)cccc21)[SiH](C)C. The van der Waals surface area contributed by atoms with Gasteiger partial charge in [-0.25, -0.2) is 0 Å². The van der Waals surface area contributed by atoms with Crippen LogP contribution in [0.4, 0.5) is 0 Å². The molecule has 0 N–H and O–H groups in total. The molecule has 2 aliphatic rings. The molecule has 2 aliphatic carbocycles. The molecule has 0 saturated carbocycles. The van der Waals surface area contributed by atoms with Gasteiger partial charge >= 0.3 is 276 Å². The van der Waals surface area contributed by atoms with Crippen molar-refractivity contribution >= 4 is 46.2 Å². The van der Waals surface area contributed by atoms with Crippen LogP contribution in [0.3, 0.4) is 0 Å². The summed E-state index contributed by atoms with van der Waals surface area (Å²) in [6, 6.07) is 35.8. The van der Waals surface area contributed by atoms with Crippen molar-refractivity contribution in [3.8, 4) is 0 Å². The van der Waals surface area contributed by atoms with Gasteiger partial charge in [0.15, 0.2) is 0 Å². The maximum atomic E-state index is 8.76. The fourth-order valence-corrected chi connectivity index (χ4v) is 38.0. The predicted octanol–water partition coefficient (Wildman–Crippen LogP) is 12.2.